The summed E-state index contributed by atoms with van der Waals surface area (Å²) >= 11 is 0. The third-order valence-electron chi connectivity index (χ3n) is 4.02. The van der Waals surface area contributed by atoms with Crippen LogP contribution in [0.4, 0.5) is 5.69 Å². The highest BCUT2D eigenvalue weighted by Crippen LogP contribution is 2.22. The summed E-state index contributed by atoms with van der Waals surface area (Å²) in [6.45, 7) is 4.95. The average molecular weight is 326 g/mol. The summed E-state index contributed by atoms with van der Waals surface area (Å²) in [4.78, 5) is 25.2. The summed E-state index contributed by atoms with van der Waals surface area (Å²) in [5.41, 5.74) is 2.41. The first-order chi connectivity index (χ1) is 11.5. The molecule has 0 bridgehead atoms. The zero-order valence-electron chi connectivity index (χ0n) is 14.1. The standard InChI is InChI=1S/C19H22N2O3/c1-3-12-20(14-16-8-5-4-6-9-16)19(22)13-17-10-7-11-18(15(17)2)21(23)24/h4-11H,3,12-14H2,1-2H3. The molecule has 0 saturated heterocycles. The van der Waals surface area contributed by atoms with Crippen molar-refractivity contribution in [2.75, 3.05) is 6.54 Å². The van der Waals surface area contributed by atoms with Crippen LogP contribution in [0.25, 0.3) is 0 Å². The Hall–Kier alpha value is -2.69. The predicted octanol–water partition coefficient (Wildman–Crippen LogP) is 3.88. The fourth-order valence-corrected chi connectivity index (χ4v) is 2.70. The fraction of sp³-hybridized carbons (Fsp3) is 0.316. The summed E-state index contributed by atoms with van der Waals surface area (Å²) in [6, 6.07) is 14.7. The molecule has 2 rings (SSSR count). The summed E-state index contributed by atoms with van der Waals surface area (Å²) < 4.78 is 0. The first-order valence-corrected chi connectivity index (χ1v) is 8.07. The highest BCUT2D eigenvalue weighted by molar-refractivity contribution is 5.79. The Balaban J connectivity index is 2.16. The van der Waals surface area contributed by atoms with E-state index in [1.165, 1.54) is 6.07 Å². The van der Waals surface area contributed by atoms with Crippen molar-refractivity contribution >= 4 is 11.6 Å². The molecule has 0 aliphatic carbocycles. The van der Waals surface area contributed by atoms with Gasteiger partial charge in [-0.1, -0.05) is 49.4 Å². The number of nitro benzene ring substituents is 1. The fourth-order valence-electron chi connectivity index (χ4n) is 2.70. The normalized spacial score (nSPS) is 10.4. The van der Waals surface area contributed by atoms with E-state index in [0.29, 0.717) is 24.2 Å². The van der Waals surface area contributed by atoms with E-state index in [2.05, 4.69) is 0 Å². The number of nitro groups is 1. The molecule has 2 aromatic carbocycles. The van der Waals surface area contributed by atoms with Crippen molar-refractivity contribution < 1.29 is 9.72 Å². The van der Waals surface area contributed by atoms with Crippen LogP contribution < -0.4 is 0 Å². The van der Waals surface area contributed by atoms with E-state index in [9.17, 15) is 14.9 Å². The van der Waals surface area contributed by atoms with Gasteiger partial charge in [0.25, 0.3) is 5.69 Å². The summed E-state index contributed by atoms with van der Waals surface area (Å²) in [6.07, 6.45) is 1.05. The minimum absolute atomic E-state index is 0.00991. The maximum Gasteiger partial charge on any atom is 0.272 e. The van der Waals surface area contributed by atoms with E-state index in [1.807, 2.05) is 42.2 Å². The maximum absolute atomic E-state index is 12.7. The van der Waals surface area contributed by atoms with Crippen molar-refractivity contribution in [3.05, 3.63) is 75.3 Å². The Morgan fingerprint density at radius 2 is 1.83 bits per heavy atom. The zero-order valence-corrected chi connectivity index (χ0v) is 14.1. The van der Waals surface area contributed by atoms with Gasteiger partial charge in [-0.15, -0.1) is 0 Å². The molecule has 2 aromatic rings. The molecule has 0 aliphatic heterocycles. The number of carbonyl (C=O) groups excluding carboxylic acids is 1. The van der Waals surface area contributed by atoms with Gasteiger partial charge in [0.2, 0.25) is 5.91 Å². The molecule has 0 saturated carbocycles. The lowest BCUT2D eigenvalue weighted by Crippen LogP contribution is -2.32. The minimum Gasteiger partial charge on any atom is -0.338 e. The molecule has 24 heavy (non-hydrogen) atoms. The van der Waals surface area contributed by atoms with Crippen LogP contribution in [0.15, 0.2) is 48.5 Å². The molecular weight excluding hydrogens is 304 g/mol. The van der Waals surface area contributed by atoms with Crippen molar-refractivity contribution in [2.45, 2.75) is 33.2 Å². The Labute approximate surface area is 142 Å². The molecule has 0 N–H and O–H groups in total. The second-order valence-corrected chi connectivity index (χ2v) is 5.80. The number of rotatable bonds is 7. The highest BCUT2D eigenvalue weighted by atomic mass is 16.6. The number of hydrogen-bond donors (Lipinski definition) is 0. The average Bonchev–Trinajstić information content (AvgIpc) is 2.57. The topological polar surface area (TPSA) is 63.5 Å². The lowest BCUT2D eigenvalue weighted by atomic mass is 10.0. The number of nitrogens with zero attached hydrogens (tertiary/aromatic N) is 2. The summed E-state index contributed by atoms with van der Waals surface area (Å²) in [5, 5.41) is 11.0. The van der Waals surface area contributed by atoms with Crippen LogP contribution in [0, 0.1) is 17.0 Å². The molecule has 126 valence electrons. The molecule has 0 atom stereocenters. The van der Waals surface area contributed by atoms with Gasteiger partial charge in [0.1, 0.15) is 0 Å². The van der Waals surface area contributed by atoms with Gasteiger partial charge < -0.3 is 4.90 Å². The van der Waals surface area contributed by atoms with Gasteiger partial charge in [-0.2, -0.15) is 0 Å². The van der Waals surface area contributed by atoms with Crippen LogP contribution in [-0.2, 0) is 17.8 Å². The Kier molecular flexibility index (Phi) is 6.07. The van der Waals surface area contributed by atoms with Crippen molar-refractivity contribution in [1.29, 1.82) is 0 Å². The molecule has 0 heterocycles. The Morgan fingerprint density at radius 1 is 1.12 bits per heavy atom. The van der Waals surface area contributed by atoms with Crippen molar-refractivity contribution in [2.24, 2.45) is 0 Å². The molecule has 0 aliphatic rings. The summed E-state index contributed by atoms with van der Waals surface area (Å²) in [7, 11) is 0. The third-order valence-corrected chi connectivity index (χ3v) is 4.02. The van der Waals surface area contributed by atoms with E-state index >= 15 is 0 Å². The van der Waals surface area contributed by atoms with Crippen molar-refractivity contribution in [3.8, 4) is 0 Å². The molecule has 0 aromatic heterocycles. The van der Waals surface area contributed by atoms with Gasteiger partial charge >= 0.3 is 0 Å². The van der Waals surface area contributed by atoms with Crippen LogP contribution >= 0.6 is 0 Å². The van der Waals surface area contributed by atoms with E-state index in [4.69, 9.17) is 0 Å². The monoisotopic (exact) mass is 326 g/mol. The first-order valence-electron chi connectivity index (χ1n) is 8.07. The third kappa shape index (κ3) is 4.41. The van der Waals surface area contributed by atoms with E-state index in [1.54, 1.807) is 19.1 Å². The SMILES string of the molecule is CCCN(Cc1ccccc1)C(=O)Cc1cccc([N+](=O)[O-])c1C. The highest BCUT2D eigenvalue weighted by Gasteiger charge is 2.18. The first kappa shape index (κ1) is 17.7. The van der Waals surface area contributed by atoms with Crippen LogP contribution in [0.5, 0.6) is 0 Å². The zero-order chi connectivity index (χ0) is 17.5. The molecule has 5 nitrogen and oxygen atoms in total. The molecule has 0 radical (unpaired) electrons. The van der Waals surface area contributed by atoms with Gasteiger partial charge in [-0.3, -0.25) is 14.9 Å². The van der Waals surface area contributed by atoms with E-state index in [-0.39, 0.29) is 18.0 Å². The molecule has 1 amide bonds. The summed E-state index contributed by atoms with van der Waals surface area (Å²) in [5.74, 6) is -0.00991. The Bertz CT molecular complexity index is 714. The molecular formula is C19H22N2O3. The molecule has 0 unspecified atom stereocenters. The maximum atomic E-state index is 12.7. The largest absolute Gasteiger partial charge is 0.338 e. The number of amides is 1. The predicted molar refractivity (Wildman–Crippen MR) is 93.7 cm³/mol. The second kappa shape index (κ2) is 8.24. The van der Waals surface area contributed by atoms with Crippen LogP contribution in [0.3, 0.4) is 0 Å². The minimum atomic E-state index is -0.406. The molecule has 0 fully saturated rings. The van der Waals surface area contributed by atoms with Crippen molar-refractivity contribution in [3.63, 3.8) is 0 Å². The quantitative estimate of drug-likeness (QED) is 0.573. The number of hydrogen-bond acceptors (Lipinski definition) is 3. The van der Waals surface area contributed by atoms with Gasteiger partial charge in [-0.05, 0) is 24.5 Å². The number of carbonyl (C=O) groups is 1. The number of benzene rings is 2. The van der Waals surface area contributed by atoms with Gasteiger partial charge in [-0.25, -0.2) is 0 Å². The molecule has 0 spiro atoms. The van der Waals surface area contributed by atoms with Crippen molar-refractivity contribution in [1.82, 2.24) is 4.90 Å². The van der Waals surface area contributed by atoms with Crippen LogP contribution in [0.1, 0.15) is 30.0 Å². The lowest BCUT2D eigenvalue weighted by Gasteiger charge is -2.22. The van der Waals surface area contributed by atoms with Gasteiger partial charge in [0.05, 0.1) is 11.3 Å². The lowest BCUT2D eigenvalue weighted by molar-refractivity contribution is -0.385. The van der Waals surface area contributed by atoms with E-state index < -0.39 is 4.92 Å². The van der Waals surface area contributed by atoms with E-state index in [0.717, 1.165) is 12.0 Å². The van der Waals surface area contributed by atoms with Crippen LogP contribution in [0.2, 0.25) is 0 Å². The smallest absolute Gasteiger partial charge is 0.272 e. The Morgan fingerprint density at radius 3 is 2.46 bits per heavy atom. The second-order valence-electron chi connectivity index (χ2n) is 5.80. The van der Waals surface area contributed by atoms with Gasteiger partial charge in [0.15, 0.2) is 0 Å². The van der Waals surface area contributed by atoms with Crippen LogP contribution in [-0.4, -0.2) is 22.3 Å². The van der Waals surface area contributed by atoms with Gasteiger partial charge in [0, 0.05) is 24.7 Å². The molecule has 5 heteroatoms.